The van der Waals surface area contributed by atoms with Crippen LogP contribution in [0.25, 0.3) is 0 Å². The maximum atomic E-state index is 3.41. The lowest BCUT2D eigenvalue weighted by atomic mass is 9.97. The molecule has 0 radical (unpaired) electrons. The molecule has 0 aromatic carbocycles. The summed E-state index contributed by atoms with van der Waals surface area (Å²) in [7, 11) is 0. The molecule has 2 atom stereocenters. The topological polar surface area (TPSA) is 18.5 Å². The summed E-state index contributed by atoms with van der Waals surface area (Å²) in [6.45, 7) is 12.1. The molecule has 0 saturated carbocycles. The molecule has 2 aliphatic heterocycles. The first-order valence-corrected chi connectivity index (χ1v) is 6.96. The number of likely N-dealkylation sites (tertiary alicyclic amines) is 1. The van der Waals surface area contributed by atoms with Crippen molar-refractivity contribution < 1.29 is 0 Å². The summed E-state index contributed by atoms with van der Waals surface area (Å²) in [5, 5.41) is 3.41. The molecule has 1 N–H and O–H groups in total. The molecule has 94 valence electrons. The maximum Gasteiger partial charge on any atom is 0.0115 e. The summed E-state index contributed by atoms with van der Waals surface area (Å²) in [5.74, 6) is 0. The molecule has 16 heavy (non-hydrogen) atoms. The first kappa shape index (κ1) is 12.3. The third-order valence-electron chi connectivity index (χ3n) is 4.26. The monoisotopic (exact) mass is 225 g/mol. The summed E-state index contributed by atoms with van der Waals surface area (Å²) in [4.78, 5) is 5.32. The number of hydrogen-bond donors (Lipinski definition) is 1. The van der Waals surface area contributed by atoms with Gasteiger partial charge in [0.2, 0.25) is 0 Å². The summed E-state index contributed by atoms with van der Waals surface area (Å²) in [6.07, 6.45) is 4.21. The molecular formula is C13H27N3. The fraction of sp³-hybridized carbons (Fsp3) is 1.00. The Morgan fingerprint density at radius 2 is 1.62 bits per heavy atom. The van der Waals surface area contributed by atoms with Crippen molar-refractivity contribution in [2.24, 2.45) is 0 Å². The molecule has 2 saturated heterocycles. The summed E-state index contributed by atoms with van der Waals surface area (Å²) < 4.78 is 0. The lowest BCUT2D eigenvalue weighted by molar-refractivity contribution is 0.0851. The Balaban J connectivity index is 1.74. The van der Waals surface area contributed by atoms with Crippen molar-refractivity contribution in [1.29, 1.82) is 0 Å². The molecule has 2 fully saturated rings. The van der Waals surface area contributed by atoms with Crippen molar-refractivity contribution in [3.05, 3.63) is 0 Å². The van der Waals surface area contributed by atoms with Gasteiger partial charge < -0.3 is 5.32 Å². The SMILES string of the molecule is C[C@@H]1CCC[C@H](C)N1CCN1CCNCC1. The van der Waals surface area contributed by atoms with Crippen LogP contribution in [0.15, 0.2) is 0 Å². The molecule has 0 unspecified atom stereocenters. The molecule has 0 bridgehead atoms. The number of piperidine rings is 1. The Morgan fingerprint density at radius 1 is 1.00 bits per heavy atom. The van der Waals surface area contributed by atoms with Crippen LogP contribution in [-0.4, -0.2) is 61.2 Å². The Hall–Kier alpha value is -0.120. The van der Waals surface area contributed by atoms with E-state index in [-0.39, 0.29) is 0 Å². The maximum absolute atomic E-state index is 3.41. The van der Waals surface area contributed by atoms with Gasteiger partial charge in [0.05, 0.1) is 0 Å². The smallest absolute Gasteiger partial charge is 0.0115 e. The molecule has 2 heterocycles. The van der Waals surface area contributed by atoms with E-state index in [1.165, 1.54) is 58.5 Å². The lowest BCUT2D eigenvalue weighted by Crippen LogP contribution is -2.50. The highest BCUT2D eigenvalue weighted by Crippen LogP contribution is 2.21. The zero-order valence-electron chi connectivity index (χ0n) is 10.9. The van der Waals surface area contributed by atoms with Crippen molar-refractivity contribution in [3.63, 3.8) is 0 Å². The zero-order valence-corrected chi connectivity index (χ0v) is 10.9. The average molecular weight is 225 g/mol. The largest absolute Gasteiger partial charge is 0.314 e. The fourth-order valence-corrected chi connectivity index (χ4v) is 3.11. The minimum atomic E-state index is 0.798. The van der Waals surface area contributed by atoms with Gasteiger partial charge in [-0.25, -0.2) is 0 Å². The number of nitrogens with one attached hydrogen (secondary N) is 1. The van der Waals surface area contributed by atoms with Crippen LogP contribution < -0.4 is 5.32 Å². The van der Waals surface area contributed by atoms with Gasteiger partial charge in [0.25, 0.3) is 0 Å². The van der Waals surface area contributed by atoms with E-state index in [0.29, 0.717) is 0 Å². The van der Waals surface area contributed by atoms with Crippen LogP contribution in [0, 0.1) is 0 Å². The van der Waals surface area contributed by atoms with Gasteiger partial charge in [-0.2, -0.15) is 0 Å². The Labute approximate surface area is 100 Å². The molecule has 2 rings (SSSR count). The highest BCUT2D eigenvalue weighted by atomic mass is 15.2. The predicted molar refractivity (Wildman–Crippen MR) is 68.8 cm³/mol. The van der Waals surface area contributed by atoms with E-state index in [2.05, 4.69) is 29.0 Å². The standard InChI is InChI=1S/C13H27N3/c1-12-4-3-5-13(2)16(12)11-10-15-8-6-14-7-9-15/h12-14H,3-11H2,1-2H3/t12-,13+. The van der Waals surface area contributed by atoms with Gasteiger partial charge in [-0.1, -0.05) is 6.42 Å². The van der Waals surface area contributed by atoms with Crippen LogP contribution >= 0.6 is 0 Å². The van der Waals surface area contributed by atoms with Crippen LogP contribution in [0.1, 0.15) is 33.1 Å². The average Bonchev–Trinajstić information content (AvgIpc) is 2.30. The van der Waals surface area contributed by atoms with Crippen LogP contribution in [0.3, 0.4) is 0 Å². The van der Waals surface area contributed by atoms with Crippen molar-refractivity contribution in [3.8, 4) is 0 Å². The van der Waals surface area contributed by atoms with Crippen LogP contribution in [-0.2, 0) is 0 Å². The minimum absolute atomic E-state index is 0.798. The van der Waals surface area contributed by atoms with Gasteiger partial charge in [-0.15, -0.1) is 0 Å². The minimum Gasteiger partial charge on any atom is -0.314 e. The Morgan fingerprint density at radius 3 is 2.25 bits per heavy atom. The second-order valence-electron chi connectivity index (χ2n) is 5.46. The molecule has 3 heteroatoms. The van der Waals surface area contributed by atoms with E-state index in [4.69, 9.17) is 0 Å². The first-order valence-electron chi connectivity index (χ1n) is 6.96. The summed E-state index contributed by atoms with van der Waals surface area (Å²) >= 11 is 0. The number of nitrogens with zero attached hydrogens (tertiary/aromatic N) is 2. The van der Waals surface area contributed by atoms with Gasteiger partial charge in [0, 0.05) is 51.4 Å². The number of piperazine rings is 1. The molecule has 2 aliphatic rings. The van der Waals surface area contributed by atoms with E-state index >= 15 is 0 Å². The van der Waals surface area contributed by atoms with E-state index in [1.807, 2.05) is 0 Å². The quantitative estimate of drug-likeness (QED) is 0.777. The molecular weight excluding hydrogens is 198 g/mol. The van der Waals surface area contributed by atoms with Crippen LogP contribution in [0.4, 0.5) is 0 Å². The predicted octanol–water partition coefficient (Wildman–Crippen LogP) is 1.15. The molecule has 0 amide bonds. The number of hydrogen-bond acceptors (Lipinski definition) is 3. The van der Waals surface area contributed by atoms with E-state index in [1.54, 1.807) is 0 Å². The van der Waals surface area contributed by atoms with Crippen molar-refractivity contribution in [2.75, 3.05) is 39.3 Å². The summed E-state index contributed by atoms with van der Waals surface area (Å²) in [6, 6.07) is 1.60. The number of rotatable bonds is 3. The van der Waals surface area contributed by atoms with Crippen molar-refractivity contribution >= 4 is 0 Å². The molecule has 3 nitrogen and oxygen atoms in total. The summed E-state index contributed by atoms with van der Waals surface area (Å²) in [5.41, 5.74) is 0. The molecule has 0 aromatic rings. The van der Waals surface area contributed by atoms with Gasteiger partial charge in [-0.05, 0) is 26.7 Å². The van der Waals surface area contributed by atoms with E-state index in [9.17, 15) is 0 Å². The Bertz CT molecular complexity index is 191. The van der Waals surface area contributed by atoms with Crippen LogP contribution in [0.2, 0.25) is 0 Å². The normalized spacial score (nSPS) is 34.1. The molecule has 0 aromatic heterocycles. The third kappa shape index (κ3) is 3.19. The molecule has 0 aliphatic carbocycles. The second kappa shape index (κ2) is 5.99. The third-order valence-corrected chi connectivity index (χ3v) is 4.26. The van der Waals surface area contributed by atoms with Crippen molar-refractivity contribution in [2.45, 2.75) is 45.2 Å². The zero-order chi connectivity index (χ0) is 11.4. The van der Waals surface area contributed by atoms with Crippen LogP contribution in [0.5, 0.6) is 0 Å². The first-order chi connectivity index (χ1) is 7.77. The van der Waals surface area contributed by atoms with Gasteiger partial charge >= 0.3 is 0 Å². The highest BCUT2D eigenvalue weighted by molar-refractivity contribution is 4.80. The van der Waals surface area contributed by atoms with Crippen molar-refractivity contribution in [1.82, 2.24) is 15.1 Å². The second-order valence-corrected chi connectivity index (χ2v) is 5.46. The lowest BCUT2D eigenvalue weighted by Gasteiger charge is -2.40. The van der Waals surface area contributed by atoms with Gasteiger partial charge in [-0.3, -0.25) is 9.80 Å². The van der Waals surface area contributed by atoms with Gasteiger partial charge in [0.15, 0.2) is 0 Å². The highest BCUT2D eigenvalue weighted by Gasteiger charge is 2.24. The fourth-order valence-electron chi connectivity index (χ4n) is 3.11. The van der Waals surface area contributed by atoms with E-state index in [0.717, 1.165) is 12.1 Å². The molecule has 0 spiro atoms. The van der Waals surface area contributed by atoms with Gasteiger partial charge in [0.1, 0.15) is 0 Å². The van der Waals surface area contributed by atoms with E-state index < -0.39 is 0 Å². The Kier molecular flexibility index (Phi) is 4.62.